The zero-order chi connectivity index (χ0) is 13.4. The molecule has 1 fully saturated rings. The van der Waals surface area contributed by atoms with Crippen molar-refractivity contribution in [2.45, 2.75) is 32.1 Å². The maximum Gasteiger partial charge on any atom is 0.185 e. The molecule has 1 aliphatic rings. The molecule has 1 saturated carbocycles. The predicted molar refractivity (Wildman–Crippen MR) is 74.2 cm³/mol. The third-order valence-electron chi connectivity index (χ3n) is 3.23. The molecular formula is C16H20O2. The maximum absolute atomic E-state index is 11.9. The lowest BCUT2D eigenvalue weighted by atomic mass is 9.86. The van der Waals surface area contributed by atoms with Gasteiger partial charge in [0.2, 0.25) is 0 Å². The van der Waals surface area contributed by atoms with Crippen LogP contribution in [-0.4, -0.2) is 11.6 Å². The molecule has 1 aliphatic carbocycles. The van der Waals surface area contributed by atoms with E-state index in [9.17, 15) is 9.59 Å². The lowest BCUT2D eigenvalue weighted by Gasteiger charge is -2.18. The zero-order valence-corrected chi connectivity index (χ0v) is 10.7. The minimum atomic E-state index is -0.181. The van der Waals surface area contributed by atoms with Crippen LogP contribution < -0.4 is 0 Å². The lowest BCUT2D eigenvalue weighted by molar-refractivity contribution is -0.119. The van der Waals surface area contributed by atoms with Crippen molar-refractivity contribution >= 4 is 11.6 Å². The Hall–Kier alpha value is -1.70. The molecule has 0 spiro atoms. The summed E-state index contributed by atoms with van der Waals surface area (Å²) >= 11 is 0. The number of allylic oxidation sites excluding steroid dienone is 6. The first-order valence-electron chi connectivity index (χ1n) is 6.40. The molecule has 0 heterocycles. The van der Waals surface area contributed by atoms with Gasteiger partial charge in [-0.05, 0) is 25.0 Å². The van der Waals surface area contributed by atoms with Gasteiger partial charge in [0.15, 0.2) is 11.6 Å². The molecule has 18 heavy (non-hydrogen) atoms. The Bertz CT molecular complexity index is 393. The lowest BCUT2D eigenvalue weighted by Crippen LogP contribution is -2.15. The van der Waals surface area contributed by atoms with Gasteiger partial charge in [-0.1, -0.05) is 50.6 Å². The van der Waals surface area contributed by atoms with Crippen LogP contribution in [0.5, 0.6) is 0 Å². The standard InChI is InChI=1S/C16H20O2/c1-3-13(15(17)4-2)11-8-12-16(18)14-9-6-5-7-10-14/h3-4,8,11-12,14H,1-2,5-7,9-10H2/b12-8+,13-11+. The fourth-order valence-electron chi connectivity index (χ4n) is 2.14. The van der Waals surface area contributed by atoms with Gasteiger partial charge in [-0.3, -0.25) is 9.59 Å². The van der Waals surface area contributed by atoms with E-state index in [1.165, 1.54) is 18.6 Å². The molecule has 0 atom stereocenters. The molecule has 0 saturated heterocycles. The Kier molecular flexibility index (Phi) is 6.06. The van der Waals surface area contributed by atoms with E-state index in [1.54, 1.807) is 18.2 Å². The van der Waals surface area contributed by atoms with Crippen LogP contribution in [0.2, 0.25) is 0 Å². The molecule has 2 heteroatoms. The number of carbonyl (C=O) groups excluding carboxylic acids is 2. The number of rotatable bonds is 6. The van der Waals surface area contributed by atoms with Gasteiger partial charge in [-0.2, -0.15) is 0 Å². The Labute approximate surface area is 109 Å². The van der Waals surface area contributed by atoms with E-state index in [4.69, 9.17) is 0 Å². The van der Waals surface area contributed by atoms with Crippen LogP contribution in [0.4, 0.5) is 0 Å². The van der Waals surface area contributed by atoms with Gasteiger partial charge >= 0.3 is 0 Å². The summed E-state index contributed by atoms with van der Waals surface area (Å²) in [5.74, 6) is 0.158. The second-order valence-electron chi connectivity index (χ2n) is 4.49. The second-order valence-corrected chi connectivity index (χ2v) is 4.49. The fraction of sp³-hybridized carbons (Fsp3) is 0.375. The molecular weight excluding hydrogens is 224 g/mol. The molecule has 0 amide bonds. The normalized spacial score (nSPS) is 17.7. The van der Waals surface area contributed by atoms with Crippen molar-refractivity contribution in [3.8, 4) is 0 Å². The SMILES string of the molecule is C=CC(=O)/C(C=C)=C/C=C/C(=O)C1CCCCC1. The molecule has 0 aliphatic heterocycles. The Morgan fingerprint density at radius 3 is 2.22 bits per heavy atom. The van der Waals surface area contributed by atoms with Crippen molar-refractivity contribution in [1.82, 2.24) is 0 Å². The summed E-state index contributed by atoms with van der Waals surface area (Å²) in [5.41, 5.74) is 0.456. The fourth-order valence-corrected chi connectivity index (χ4v) is 2.14. The molecule has 0 N–H and O–H groups in total. The molecule has 0 unspecified atom stereocenters. The summed E-state index contributed by atoms with van der Waals surface area (Å²) in [6.45, 7) is 6.98. The van der Waals surface area contributed by atoms with E-state index < -0.39 is 0 Å². The molecule has 0 radical (unpaired) electrons. The minimum absolute atomic E-state index is 0.167. The molecule has 0 aromatic carbocycles. The van der Waals surface area contributed by atoms with E-state index in [1.807, 2.05) is 0 Å². The molecule has 0 aromatic heterocycles. The van der Waals surface area contributed by atoms with Crippen LogP contribution in [0.3, 0.4) is 0 Å². The molecule has 1 rings (SSSR count). The Morgan fingerprint density at radius 2 is 1.67 bits per heavy atom. The van der Waals surface area contributed by atoms with E-state index in [0.29, 0.717) is 5.57 Å². The van der Waals surface area contributed by atoms with Gasteiger partial charge < -0.3 is 0 Å². The number of ketones is 2. The first-order valence-corrected chi connectivity index (χ1v) is 6.40. The molecule has 96 valence electrons. The first-order chi connectivity index (χ1) is 8.69. The summed E-state index contributed by atoms with van der Waals surface area (Å²) in [4.78, 5) is 23.2. The monoisotopic (exact) mass is 244 g/mol. The summed E-state index contributed by atoms with van der Waals surface area (Å²) in [6, 6.07) is 0. The number of hydrogen-bond donors (Lipinski definition) is 0. The van der Waals surface area contributed by atoms with E-state index in [0.717, 1.165) is 25.7 Å². The highest BCUT2D eigenvalue weighted by molar-refractivity contribution is 6.06. The average Bonchev–Trinajstić information content (AvgIpc) is 2.43. The smallest absolute Gasteiger partial charge is 0.185 e. The highest BCUT2D eigenvalue weighted by atomic mass is 16.1. The van der Waals surface area contributed by atoms with Crippen molar-refractivity contribution in [3.05, 3.63) is 49.1 Å². The molecule has 0 aromatic rings. The van der Waals surface area contributed by atoms with E-state index in [-0.39, 0.29) is 17.5 Å². The largest absolute Gasteiger partial charge is 0.295 e. The highest BCUT2D eigenvalue weighted by Gasteiger charge is 2.18. The van der Waals surface area contributed by atoms with Gasteiger partial charge in [0, 0.05) is 11.5 Å². The van der Waals surface area contributed by atoms with Crippen LogP contribution in [0, 0.1) is 5.92 Å². The third-order valence-corrected chi connectivity index (χ3v) is 3.23. The van der Waals surface area contributed by atoms with Crippen molar-refractivity contribution in [1.29, 1.82) is 0 Å². The van der Waals surface area contributed by atoms with Gasteiger partial charge in [0.1, 0.15) is 0 Å². The van der Waals surface area contributed by atoms with Gasteiger partial charge in [-0.15, -0.1) is 0 Å². The topological polar surface area (TPSA) is 34.1 Å². The van der Waals surface area contributed by atoms with Crippen molar-refractivity contribution in [2.24, 2.45) is 5.92 Å². The third kappa shape index (κ3) is 4.28. The maximum atomic E-state index is 11.9. The summed E-state index contributed by atoms with van der Waals surface area (Å²) < 4.78 is 0. The van der Waals surface area contributed by atoms with Gasteiger partial charge in [0.05, 0.1) is 0 Å². The van der Waals surface area contributed by atoms with Gasteiger partial charge in [0.25, 0.3) is 0 Å². The van der Waals surface area contributed by atoms with Crippen LogP contribution in [0.25, 0.3) is 0 Å². The van der Waals surface area contributed by atoms with Crippen LogP contribution in [0.1, 0.15) is 32.1 Å². The molecule has 0 bridgehead atoms. The zero-order valence-electron chi connectivity index (χ0n) is 10.7. The van der Waals surface area contributed by atoms with Crippen LogP contribution in [-0.2, 0) is 9.59 Å². The van der Waals surface area contributed by atoms with E-state index >= 15 is 0 Å². The second kappa shape index (κ2) is 7.59. The van der Waals surface area contributed by atoms with Crippen LogP contribution in [0.15, 0.2) is 49.1 Å². The van der Waals surface area contributed by atoms with Crippen LogP contribution >= 0.6 is 0 Å². The highest BCUT2D eigenvalue weighted by Crippen LogP contribution is 2.24. The molecule has 2 nitrogen and oxygen atoms in total. The number of carbonyl (C=O) groups is 2. The van der Waals surface area contributed by atoms with Crippen molar-refractivity contribution in [3.63, 3.8) is 0 Å². The minimum Gasteiger partial charge on any atom is -0.295 e. The Morgan fingerprint density at radius 1 is 1.00 bits per heavy atom. The summed E-state index contributed by atoms with van der Waals surface area (Å²) in [5, 5.41) is 0. The van der Waals surface area contributed by atoms with Crippen molar-refractivity contribution in [2.75, 3.05) is 0 Å². The number of hydrogen-bond acceptors (Lipinski definition) is 2. The van der Waals surface area contributed by atoms with Gasteiger partial charge in [-0.25, -0.2) is 0 Å². The Balaban J connectivity index is 2.59. The van der Waals surface area contributed by atoms with Crippen molar-refractivity contribution < 1.29 is 9.59 Å². The summed E-state index contributed by atoms with van der Waals surface area (Å²) in [7, 11) is 0. The average molecular weight is 244 g/mol. The quantitative estimate of drug-likeness (QED) is 0.529. The predicted octanol–water partition coefficient (Wildman–Crippen LogP) is 3.56. The first kappa shape index (κ1) is 14.4. The van der Waals surface area contributed by atoms with E-state index in [2.05, 4.69) is 13.2 Å². The summed E-state index contributed by atoms with van der Waals surface area (Å²) in [6.07, 6.45) is 13.0.